The van der Waals surface area contributed by atoms with Crippen molar-refractivity contribution in [1.82, 2.24) is 0 Å². The zero-order chi connectivity index (χ0) is 21.6. The highest BCUT2D eigenvalue weighted by molar-refractivity contribution is 7.80. The summed E-state index contributed by atoms with van der Waals surface area (Å²) >= 11 is 0. The minimum atomic E-state index is -4.16. The second kappa shape index (κ2) is 9.37. The molecule has 0 radical (unpaired) electrons. The Bertz CT molecular complexity index is 1140. The molecule has 0 amide bonds. The first-order chi connectivity index (χ1) is 13.7. The van der Waals surface area contributed by atoms with Gasteiger partial charge in [-0.05, 0) is 41.7 Å². The summed E-state index contributed by atoms with van der Waals surface area (Å²) in [4.78, 5) is 0. The second-order valence-corrected chi connectivity index (χ2v) is 7.06. The van der Waals surface area contributed by atoms with Crippen LogP contribution in [0.3, 0.4) is 0 Å². The van der Waals surface area contributed by atoms with Crippen LogP contribution in [0.5, 0.6) is 17.2 Å². The van der Waals surface area contributed by atoms with Crippen LogP contribution in [-0.2, 0) is 21.6 Å². The van der Waals surface area contributed by atoms with Crippen molar-refractivity contribution in [1.29, 1.82) is 0 Å². The van der Waals surface area contributed by atoms with Gasteiger partial charge < -0.3 is 14.9 Å². The standard InChI is InChI=1S/C19H17NO3.CH4O4S/c1-20-15(10-8-14-4-3-5-16(21)19(14)20)9-6-13-7-11-18(23-2)17(22)12-13;1-5-6(2,3)4/h3-12H,1-2H3,(H-,21,22);1H3,(H,2,3,4)/b9-6+;. The highest BCUT2D eigenvalue weighted by Gasteiger charge is 2.09. The quantitative estimate of drug-likeness (QED) is 0.490. The molecule has 29 heavy (non-hydrogen) atoms. The molecule has 0 spiro atoms. The molecule has 0 bridgehead atoms. The van der Waals surface area contributed by atoms with E-state index in [4.69, 9.17) is 9.29 Å². The van der Waals surface area contributed by atoms with Crippen molar-refractivity contribution in [2.75, 3.05) is 14.2 Å². The lowest BCUT2D eigenvalue weighted by molar-refractivity contribution is -0.648. The van der Waals surface area contributed by atoms with E-state index in [1.165, 1.54) is 7.11 Å². The van der Waals surface area contributed by atoms with Gasteiger partial charge in [-0.25, -0.2) is 0 Å². The van der Waals surface area contributed by atoms with Gasteiger partial charge in [-0.3, -0.25) is 8.74 Å². The predicted octanol–water partition coefficient (Wildman–Crippen LogP) is 2.06. The van der Waals surface area contributed by atoms with Crippen LogP contribution >= 0.6 is 0 Å². The Balaban J connectivity index is 0.000000438. The number of hydrogen-bond donors (Lipinski definition) is 2. The van der Waals surface area contributed by atoms with Gasteiger partial charge in [-0.15, -0.1) is 0 Å². The number of benzene rings is 2. The summed E-state index contributed by atoms with van der Waals surface area (Å²) in [5.74, 6) is 0.538. The Labute approximate surface area is 168 Å². The Morgan fingerprint density at radius 2 is 1.76 bits per heavy atom. The van der Waals surface area contributed by atoms with E-state index in [-0.39, 0.29) is 11.5 Å². The van der Waals surface area contributed by atoms with Crippen molar-refractivity contribution >= 4 is 33.5 Å². The fourth-order valence-corrected chi connectivity index (χ4v) is 2.61. The highest BCUT2D eigenvalue weighted by atomic mass is 32.3. The average molecular weight is 419 g/mol. The molecule has 1 aromatic heterocycles. The maximum atomic E-state index is 12.0. The smallest absolute Gasteiger partial charge is 0.397 e. The largest absolute Gasteiger partial charge is 0.868 e. The average Bonchev–Trinajstić information content (AvgIpc) is 2.67. The molecule has 9 heteroatoms. The number of fused-ring (bicyclic) bond motifs is 1. The van der Waals surface area contributed by atoms with Gasteiger partial charge in [-0.2, -0.15) is 13.0 Å². The number of para-hydroxylation sites is 1. The van der Waals surface area contributed by atoms with Gasteiger partial charge in [0.2, 0.25) is 11.2 Å². The van der Waals surface area contributed by atoms with Gasteiger partial charge in [-0.1, -0.05) is 18.2 Å². The summed E-state index contributed by atoms with van der Waals surface area (Å²) in [6.45, 7) is 0. The number of aromatic hydroxyl groups is 1. The predicted molar refractivity (Wildman–Crippen MR) is 107 cm³/mol. The molecule has 0 saturated heterocycles. The van der Waals surface area contributed by atoms with Crippen LogP contribution in [0.15, 0.2) is 48.5 Å². The molecule has 8 nitrogen and oxygen atoms in total. The molecule has 2 N–H and O–H groups in total. The zero-order valence-corrected chi connectivity index (χ0v) is 16.9. The molecular weight excluding hydrogens is 398 g/mol. The van der Waals surface area contributed by atoms with E-state index in [0.29, 0.717) is 11.3 Å². The first kappa shape index (κ1) is 22.2. The Morgan fingerprint density at radius 3 is 2.34 bits per heavy atom. The number of rotatable bonds is 4. The van der Waals surface area contributed by atoms with E-state index in [0.717, 1.165) is 23.8 Å². The van der Waals surface area contributed by atoms with Crippen LogP contribution in [-0.4, -0.2) is 32.3 Å². The molecule has 154 valence electrons. The van der Waals surface area contributed by atoms with Crippen LogP contribution in [0, 0.1) is 0 Å². The lowest BCUT2D eigenvalue weighted by Crippen LogP contribution is -2.33. The van der Waals surface area contributed by atoms with Crippen molar-refractivity contribution in [2.24, 2.45) is 7.05 Å². The summed E-state index contributed by atoms with van der Waals surface area (Å²) in [6.07, 6.45) is 3.79. The molecule has 3 aromatic rings. The third-order valence-corrected chi connectivity index (χ3v) is 4.47. The molecule has 0 fully saturated rings. The molecule has 0 atom stereocenters. The number of phenols is 1. The second-order valence-electron chi connectivity index (χ2n) is 5.87. The molecule has 0 aliphatic heterocycles. The number of methoxy groups -OCH3 is 1. The van der Waals surface area contributed by atoms with Crippen molar-refractivity contribution < 1.29 is 36.7 Å². The minimum Gasteiger partial charge on any atom is -0.868 e. The third-order valence-electron chi connectivity index (χ3n) is 4.05. The molecule has 1 heterocycles. The van der Waals surface area contributed by atoms with Gasteiger partial charge in [0.25, 0.3) is 0 Å². The number of aromatic nitrogens is 1. The van der Waals surface area contributed by atoms with Gasteiger partial charge in [0.15, 0.2) is 11.5 Å². The monoisotopic (exact) mass is 419 g/mol. The van der Waals surface area contributed by atoms with Gasteiger partial charge in [0.1, 0.15) is 7.05 Å². The van der Waals surface area contributed by atoms with Crippen molar-refractivity contribution in [3.63, 3.8) is 0 Å². The molecule has 0 saturated carbocycles. The van der Waals surface area contributed by atoms with Crippen LogP contribution in [0.4, 0.5) is 0 Å². The zero-order valence-electron chi connectivity index (χ0n) is 16.1. The van der Waals surface area contributed by atoms with Gasteiger partial charge >= 0.3 is 10.4 Å². The van der Waals surface area contributed by atoms with Crippen molar-refractivity contribution in [3.8, 4) is 17.2 Å². The van der Waals surface area contributed by atoms with E-state index in [1.54, 1.807) is 24.3 Å². The first-order valence-corrected chi connectivity index (χ1v) is 9.69. The SMILES string of the molecule is COS(=O)(=O)O.COc1ccc(/C=C/c2ccc3cccc([O-])c3[n+]2C)cc1O. The first-order valence-electron chi connectivity index (χ1n) is 8.33. The van der Waals surface area contributed by atoms with Crippen molar-refractivity contribution in [2.45, 2.75) is 0 Å². The Hall–Kier alpha value is -3.14. The molecule has 0 unspecified atom stereocenters. The summed E-state index contributed by atoms with van der Waals surface area (Å²) in [6, 6.07) is 14.3. The summed E-state index contributed by atoms with van der Waals surface area (Å²) < 4.78 is 36.6. The van der Waals surface area contributed by atoms with E-state index in [2.05, 4.69) is 4.18 Å². The Kier molecular flexibility index (Phi) is 7.16. The lowest BCUT2D eigenvalue weighted by atomic mass is 10.1. The van der Waals surface area contributed by atoms with Gasteiger partial charge in [0, 0.05) is 17.5 Å². The van der Waals surface area contributed by atoms with Crippen LogP contribution in [0.25, 0.3) is 23.1 Å². The number of aryl methyl sites for hydroxylation is 1. The van der Waals surface area contributed by atoms with E-state index in [9.17, 15) is 18.6 Å². The van der Waals surface area contributed by atoms with E-state index < -0.39 is 10.4 Å². The fourth-order valence-electron chi connectivity index (χ4n) is 2.61. The molecule has 3 rings (SSSR count). The summed E-state index contributed by atoms with van der Waals surface area (Å²) in [5, 5.41) is 22.8. The van der Waals surface area contributed by atoms with Crippen LogP contribution in [0.2, 0.25) is 0 Å². The minimum absolute atomic E-state index is 0.00217. The number of phenolic OH excluding ortho intramolecular Hbond substituents is 1. The van der Waals surface area contributed by atoms with Crippen LogP contribution in [0.1, 0.15) is 11.3 Å². The fraction of sp³-hybridized carbons (Fsp3) is 0.150. The van der Waals surface area contributed by atoms with E-state index >= 15 is 0 Å². The lowest BCUT2D eigenvalue weighted by Gasteiger charge is -2.08. The number of pyridine rings is 1. The molecular formula is C20H21NO7S. The number of nitrogens with zero attached hydrogens (tertiary/aromatic N) is 1. The molecule has 2 aromatic carbocycles. The van der Waals surface area contributed by atoms with Crippen LogP contribution < -0.4 is 14.4 Å². The number of ether oxygens (including phenoxy) is 1. The van der Waals surface area contributed by atoms with Gasteiger partial charge in [0.05, 0.1) is 14.2 Å². The topological polar surface area (TPSA) is 120 Å². The number of hydrogen-bond acceptors (Lipinski definition) is 6. The normalized spacial score (nSPS) is 11.3. The summed E-state index contributed by atoms with van der Waals surface area (Å²) in [5.41, 5.74) is 2.42. The maximum Gasteiger partial charge on any atom is 0.397 e. The molecule has 0 aliphatic carbocycles. The highest BCUT2D eigenvalue weighted by Crippen LogP contribution is 2.27. The van der Waals surface area contributed by atoms with E-state index in [1.807, 2.05) is 48.0 Å². The third kappa shape index (κ3) is 5.92. The van der Waals surface area contributed by atoms with Crippen molar-refractivity contribution in [3.05, 3.63) is 59.8 Å². The molecule has 0 aliphatic rings. The maximum absolute atomic E-state index is 12.0. The Morgan fingerprint density at radius 1 is 1.07 bits per heavy atom. The summed E-state index contributed by atoms with van der Waals surface area (Å²) in [7, 11) is 0.0923.